The maximum absolute atomic E-state index is 13.1. The molecule has 0 saturated heterocycles. The molecule has 3 aromatic heterocycles. The van der Waals surface area contributed by atoms with Gasteiger partial charge in [-0.05, 0) is 42.0 Å². The number of halogens is 1. The molecule has 15 heteroatoms. The Morgan fingerprint density at radius 2 is 1.29 bits per heavy atom. The number of hydrogen-bond acceptors (Lipinski definition) is 7. The van der Waals surface area contributed by atoms with E-state index in [2.05, 4.69) is 21.3 Å². The number of ketones is 1. The van der Waals surface area contributed by atoms with Crippen molar-refractivity contribution in [1.29, 1.82) is 5.26 Å². The average molecular weight is 689 g/mol. The first-order chi connectivity index (χ1) is 23.0. The molecule has 0 aliphatic carbocycles. The molecular formula is C33H33ClN8O5S. The minimum atomic E-state index is -0.859. The van der Waals surface area contributed by atoms with Crippen LogP contribution in [0.2, 0.25) is 0 Å². The van der Waals surface area contributed by atoms with E-state index in [4.69, 9.17) is 16.9 Å². The predicted octanol–water partition coefficient (Wildman–Crippen LogP) is 4.40. The van der Waals surface area contributed by atoms with E-state index in [9.17, 15) is 24.0 Å². The molecule has 0 unspecified atom stereocenters. The number of benzene rings is 1. The van der Waals surface area contributed by atoms with Crippen LogP contribution in [0, 0.1) is 11.3 Å². The van der Waals surface area contributed by atoms with Gasteiger partial charge in [0.25, 0.3) is 23.6 Å². The van der Waals surface area contributed by atoms with Gasteiger partial charge in [0.05, 0.1) is 29.6 Å². The number of carbonyl (C=O) groups is 5. The summed E-state index contributed by atoms with van der Waals surface area (Å²) in [4.78, 5) is 64.5. The summed E-state index contributed by atoms with van der Waals surface area (Å²) in [7, 11) is 4.91. The third kappa shape index (κ3) is 9.27. The van der Waals surface area contributed by atoms with Gasteiger partial charge in [-0.25, -0.2) is 0 Å². The topological polar surface area (TPSA) is 172 Å². The minimum absolute atomic E-state index is 0.180. The normalized spacial score (nSPS) is 10.8. The van der Waals surface area contributed by atoms with Gasteiger partial charge in [0.15, 0.2) is 0 Å². The first kappa shape index (κ1) is 35.3. The van der Waals surface area contributed by atoms with Crippen LogP contribution >= 0.6 is 23.4 Å². The van der Waals surface area contributed by atoms with Crippen molar-refractivity contribution in [2.45, 2.75) is 11.3 Å². The Morgan fingerprint density at radius 3 is 1.79 bits per heavy atom. The molecular weight excluding hydrogens is 656 g/mol. The Kier molecular flexibility index (Phi) is 12.0. The highest BCUT2D eigenvalue weighted by molar-refractivity contribution is 7.99. The molecule has 0 spiro atoms. The van der Waals surface area contributed by atoms with Gasteiger partial charge < -0.3 is 35.0 Å². The molecule has 4 N–H and O–H groups in total. The average Bonchev–Trinajstić information content (AvgIpc) is 3.74. The Morgan fingerprint density at radius 1 is 0.792 bits per heavy atom. The highest BCUT2D eigenvalue weighted by atomic mass is 35.5. The SMILES string of the molecule is Cn1cc(NC(=O)c2cc(NC(=O)c3cc(NC(=O)C(=O)/C=C/c4ccc(SCCCl)cc4)cn3C)cn2C)cc1C(=O)NCCC#N. The number of thioether (sulfide) groups is 1. The summed E-state index contributed by atoms with van der Waals surface area (Å²) in [6, 6.07) is 13.9. The smallest absolute Gasteiger partial charge is 0.296 e. The molecule has 0 radical (unpaired) electrons. The van der Waals surface area contributed by atoms with Crippen LogP contribution < -0.4 is 21.3 Å². The Balaban J connectivity index is 1.34. The molecule has 0 saturated carbocycles. The number of aromatic nitrogens is 3. The molecule has 248 valence electrons. The number of alkyl halides is 1. The lowest BCUT2D eigenvalue weighted by Crippen LogP contribution is -2.25. The largest absolute Gasteiger partial charge is 0.350 e. The minimum Gasteiger partial charge on any atom is -0.350 e. The monoisotopic (exact) mass is 688 g/mol. The fraction of sp³-hybridized carbons (Fsp3) is 0.212. The van der Waals surface area contributed by atoms with Crippen molar-refractivity contribution in [3.8, 4) is 6.07 Å². The molecule has 0 atom stereocenters. The predicted molar refractivity (Wildman–Crippen MR) is 185 cm³/mol. The Bertz CT molecular complexity index is 1920. The zero-order valence-corrected chi connectivity index (χ0v) is 27.9. The molecule has 0 aliphatic heterocycles. The van der Waals surface area contributed by atoms with Crippen LogP contribution in [0.25, 0.3) is 6.08 Å². The highest BCUT2D eigenvalue weighted by Crippen LogP contribution is 2.21. The fourth-order valence-corrected chi connectivity index (χ4v) is 5.43. The van der Waals surface area contributed by atoms with Gasteiger partial charge in [0.1, 0.15) is 17.1 Å². The number of carbonyl (C=O) groups excluding carboxylic acids is 5. The van der Waals surface area contributed by atoms with Gasteiger partial charge in [-0.15, -0.1) is 23.4 Å². The van der Waals surface area contributed by atoms with Gasteiger partial charge in [-0.3, -0.25) is 24.0 Å². The molecule has 48 heavy (non-hydrogen) atoms. The number of anilines is 3. The number of nitriles is 1. The summed E-state index contributed by atoms with van der Waals surface area (Å²) < 4.78 is 4.59. The molecule has 0 fully saturated rings. The number of nitrogens with one attached hydrogen (secondary N) is 4. The highest BCUT2D eigenvalue weighted by Gasteiger charge is 2.19. The molecule has 0 bridgehead atoms. The van der Waals surface area contributed by atoms with Crippen LogP contribution in [-0.2, 0) is 30.7 Å². The van der Waals surface area contributed by atoms with E-state index in [0.29, 0.717) is 22.9 Å². The third-order valence-corrected chi connectivity index (χ3v) is 8.31. The van der Waals surface area contributed by atoms with E-state index in [0.717, 1.165) is 16.2 Å². The van der Waals surface area contributed by atoms with Gasteiger partial charge >= 0.3 is 0 Å². The van der Waals surface area contributed by atoms with Crippen LogP contribution in [0.4, 0.5) is 17.1 Å². The quantitative estimate of drug-likeness (QED) is 0.0500. The van der Waals surface area contributed by atoms with Crippen molar-refractivity contribution in [2.24, 2.45) is 21.1 Å². The second-order valence-electron chi connectivity index (χ2n) is 10.5. The second kappa shape index (κ2) is 16.3. The summed E-state index contributed by atoms with van der Waals surface area (Å²) in [5.74, 6) is -1.64. The number of hydrogen-bond donors (Lipinski definition) is 4. The molecule has 4 aromatic rings. The molecule has 3 heterocycles. The van der Waals surface area contributed by atoms with E-state index in [1.54, 1.807) is 55.9 Å². The summed E-state index contributed by atoms with van der Waals surface area (Å²) in [6.07, 6.45) is 7.56. The summed E-state index contributed by atoms with van der Waals surface area (Å²) in [5, 5.41) is 19.3. The molecule has 4 rings (SSSR count). The zero-order valence-electron chi connectivity index (χ0n) is 26.4. The maximum Gasteiger partial charge on any atom is 0.296 e. The summed E-state index contributed by atoms with van der Waals surface area (Å²) in [6.45, 7) is 0.210. The van der Waals surface area contributed by atoms with E-state index in [1.165, 1.54) is 39.6 Å². The van der Waals surface area contributed by atoms with Gasteiger partial charge in [-0.2, -0.15) is 5.26 Å². The second-order valence-corrected chi connectivity index (χ2v) is 12.1. The van der Waals surface area contributed by atoms with Gasteiger partial charge in [-0.1, -0.05) is 18.2 Å². The van der Waals surface area contributed by atoms with E-state index >= 15 is 0 Å². The first-order valence-electron chi connectivity index (χ1n) is 14.6. The maximum atomic E-state index is 13.1. The molecule has 13 nitrogen and oxygen atoms in total. The molecule has 1 aromatic carbocycles. The van der Waals surface area contributed by atoms with E-state index in [-0.39, 0.29) is 35.9 Å². The van der Waals surface area contributed by atoms with Crippen molar-refractivity contribution < 1.29 is 24.0 Å². The van der Waals surface area contributed by atoms with Gasteiger partial charge in [0, 0.05) is 62.8 Å². The van der Waals surface area contributed by atoms with Crippen LogP contribution in [0.5, 0.6) is 0 Å². The van der Waals surface area contributed by atoms with Crippen molar-refractivity contribution in [3.63, 3.8) is 0 Å². The lowest BCUT2D eigenvalue weighted by Gasteiger charge is -2.03. The van der Waals surface area contributed by atoms with Crippen LogP contribution in [-0.4, -0.2) is 61.3 Å². The third-order valence-electron chi connectivity index (χ3n) is 6.89. The molecule has 0 aliphatic rings. The fourth-order valence-electron chi connectivity index (χ4n) is 4.56. The van der Waals surface area contributed by atoms with Crippen LogP contribution in [0.3, 0.4) is 0 Å². The Labute approximate surface area is 285 Å². The number of aryl methyl sites for hydroxylation is 3. The Hall–Kier alpha value is -5.52. The van der Waals surface area contributed by atoms with Crippen molar-refractivity contribution >= 4 is 75.9 Å². The first-order valence-corrected chi connectivity index (χ1v) is 16.1. The van der Waals surface area contributed by atoms with Crippen molar-refractivity contribution in [2.75, 3.05) is 34.1 Å². The number of amides is 4. The number of rotatable bonds is 14. The standard InChI is InChI=1S/C33H33ClN8O5S/c1-40-18-22(15-26(40)30(44)36-13-4-12-35)37-31(45)27-16-23(19-41(27)2)38-32(46)28-17-24(20-42(28)3)39-33(47)29(43)10-7-21-5-8-25(9-6-21)48-14-11-34/h5-10,15-20H,4,11,13-14H2,1-3H3,(H,36,44)(H,37,45)(H,38,46)(H,39,47)/b10-7+. The summed E-state index contributed by atoms with van der Waals surface area (Å²) in [5.41, 5.74) is 2.48. The summed E-state index contributed by atoms with van der Waals surface area (Å²) >= 11 is 7.34. The van der Waals surface area contributed by atoms with E-state index in [1.807, 2.05) is 30.3 Å². The van der Waals surface area contributed by atoms with Gasteiger partial charge in [0.2, 0.25) is 5.78 Å². The van der Waals surface area contributed by atoms with Crippen LogP contribution in [0.15, 0.2) is 72.0 Å². The molecule has 4 amide bonds. The van der Waals surface area contributed by atoms with Crippen molar-refractivity contribution in [3.05, 3.63) is 89.8 Å². The number of nitrogens with zero attached hydrogens (tertiary/aromatic N) is 4. The lowest BCUT2D eigenvalue weighted by atomic mass is 10.2. The van der Waals surface area contributed by atoms with Crippen molar-refractivity contribution in [1.82, 2.24) is 19.0 Å². The van der Waals surface area contributed by atoms with Crippen LogP contribution in [0.1, 0.15) is 43.4 Å². The lowest BCUT2D eigenvalue weighted by molar-refractivity contribution is -0.131. The van der Waals surface area contributed by atoms with E-state index < -0.39 is 23.5 Å². The zero-order chi connectivity index (χ0) is 34.8.